The first-order chi connectivity index (χ1) is 19.8. The number of hydrogen-bond acceptors (Lipinski definition) is 0. The molecule has 278 valence electrons. The fourth-order valence-corrected chi connectivity index (χ4v) is 5.20. The van der Waals surface area contributed by atoms with Crippen LogP contribution in [0.25, 0.3) is 0 Å². The molecule has 0 aliphatic heterocycles. The van der Waals surface area contributed by atoms with E-state index in [1.165, 1.54) is 0 Å². The molecule has 0 radical (unpaired) electrons. The number of fused-ring (bicyclic) bond motifs is 1. The Labute approximate surface area is 233 Å². The molecule has 0 spiro atoms. The highest BCUT2D eigenvalue weighted by atomic mass is 19.4. The Morgan fingerprint density at radius 2 is 0.340 bits per heavy atom. The summed E-state index contributed by atoms with van der Waals surface area (Å²) in [6, 6.07) is 0. The molecule has 3 aliphatic carbocycles. The van der Waals surface area contributed by atoms with Gasteiger partial charge in [0.1, 0.15) is 0 Å². The average Bonchev–Trinajstić information content (AvgIpc) is 2.87. The lowest BCUT2D eigenvalue weighted by molar-refractivity contribution is -0.573. The molecular formula is C17F30. The van der Waals surface area contributed by atoms with Gasteiger partial charge in [0.2, 0.25) is 0 Å². The second kappa shape index (κ2) is 8.10. The van der Waals surface area contributed by atoms with Crippen LogP contribution in [0.3, 0.4) is 0 Å². The van der Waals surface area contributed by atoms with E-state index in [-0.39, 0.29) is 0 Å². The maximum atomic E-state index is 15.3. The lowest BCUT2D eigenvalue weighted by Crippen LogP contribution is -3.02. The molecule has 0 nitrogen and oxygen atoms in total. The van der Waals surface area contributed by atoms with Crippen molar-refractivity contribution in [3.63, 3.8) is 0 Å². The van der Waals surface area contributed by atoms with Gasteiger partial charge in [-0.15, -0.1) is 0 Å². The van der Waals surface area contributed by atoms with E-state index >= 15 is 8.78 Å². The Morgan fingerprint density at radius 3 is 0.617 bits per heavy atom. The van der Waals surface area contributed by atoms with E-state index in [0.717, 1.165) is 0 Å². The summed E-state index contributed by atoms with van der Waals surface area (Å²) in [4.78, 5) is 0. The van der Waals surface area contributed by atoms with Gasteiger partial charge in [0, 0.05) is 0 Å². The van der Waals surface area contributed by atoms with Crippen molar-refractivity contribution in [2.75, 3.05) is 0 Å². The smallest absolute Gasteiger partial charge is 0.226 e. The van der Waals surface area contributed by atoms with Gasteiger partial charge in [0.15, 0.2) is 0 Å². The molecule has 0 N–H and O–H groups in total. The van der Waals surface area contributed by atoms with Crippen LogP contribution < -0.4 is 0 Å². The van der Waals surface area contributed by atoms with Crippen LogP contribution in [-0.2, 0) is 0 Å². The Bertz CT molecular complexity index is 1320. The first-order valence-corrected chi connectivity index (χ1v) is 10.4. The zero-order valence-electron chi connectivity index (χ0n) is 19.8. The highest BCUT2D eigenvalue weighted by Gasteiger charge is 3.19. The van der Waals surface area contributed by atoms with Crippen molar-refractivity contribution in [1.29, 1.82) is 0 Å². The van der Waals surface area contributed by atoms with Crippen LogP contribution in [0.5, 0.6) is 0 Å². The second-order valence-electron chi connectivity index (χ2n) is 10.1. The maximum Gasteiger partial charge on any atom is 0.384 e. The van der Waals surface area contributed by atoms with Gasteiger partial charge in [-0.1, -0.05) is 0 Å². The third-order valence-corrected chi connectivity index (χ3v) is 7.96. The zero-order chi connectivity index (χ0) is 38.5. The summed E-state index contributed by atoms with van der Waals surface area (Å²) in [5.74, 6) is -125. The highest BCUT2D eigenvalue weighted by Crippen LogP contribution is 2.84. The van der Waals surface area contributed by atoms with Gasteiger partial charge in [-0.05, 0) is 0 Å². The topological polar surface area (TPSA) is 0 Å². The molecule has 0 amide bonds. The van der Waals surface area contributed by atoms with Crippen LogP contribution in [0.4, 0.5) is 132 Å². The SMILES string of the molecule is FC1(F)C(F)(F)C(F)(F)C(F)(C(F)(F)[C@]2(F)C(F)(F)C(F)(F)[C@]3(F)C(F)(F)C(F)(F)C(F)(F)C(F)(F)[C@]3(F)C2(F)F)C(F)(F)C1(F)F. The Hall–Kier alpha value is -2.10. The first kappa shape index (κ1) is 39.3. The van der Waals surface area contributed by atoms with Gasteiger partial charge in [-0.2, -0.15) is 114 Å². The van der Waals surface area contributed by atoms with E-state index < -0.39 is 99.7 Å². The van der Waals surface area contributed by atoms with Crippen molar-refractivity contribution < 1.29 is 132 Å². The average molecular weight is 774 g/mol. The molecule has 0 heterocycles. The third-order valence-electron chi connectivity index (χ3n) is 7.96. The fraction of sp³-hybridized carbons (Fsp3) is 1.00. The number of hydrogen-bond donors (Lipinski definition) is 0. The van der Waals surface area contributed by atoms with Crippen molar-refractivity contribution in [1.82, 2.24) is 0 Å². The molecule has 3 saturated carbocycles. The Morgan fingerprint density at radius 1 is 0.191 bits per heavy atom. The summed E-state index contributed by atoms with van der Waals surface area (Å²) in [5, 5.41) is 0. The van der Waals surface area contributed by atoms with Crippen LogP contribution in [-0.4, -0.2) is 99.7 Å². The molecule has 0 aromatic carbocycles. The fourth-order valence-electron chi connectivity index (χ4n) is 5.20. The Kier molecular flexibility index (Phi) is 6.78. The number of halogens is 30. The van der Waals surface area contributed by atoms with Crippen molar-refractivity contribution in [2.24, 2.45) is 0 Å². The van der Waals surface area contributed by atoms with Gasteiger partial charge in [0.25, 0.3) is 11.3 Å². The lowest BCUT2D eigenvalue weighted by atomic mass is 9.49. The summed E-state index contributed by atoms with van der Waals surface area (Å²) in [6.45, 7) is 0. The zero-order valence-corrected chi connectivity index (χ0v) is 19.8. The standard InChI is InChI=1S/C17F30/c18-1-2(19,9(30,31)14(40,41)13(38,39)8(1,28)29)7(26,27)10(32,33)3(20,5(1,22)23)6(24,25)4(21)11(34,35)15(42,43)17(46,47)16(44,45)12(4,36)37/t1-,2+,3+/m1/s1. The number of rotatable bonds is 2. The highest BCUT2D eigenvalue weighted by molar-refractivity contribution is 5.47. The molecule has 3 atom stereocenters. The third kappa shape index (κ3) is 2.70. The molecule has 47 heavy (non-hydrogen) atoms. The molecule has 3 fully saturated rings. The van der Waals surface area contributed by atoms with Crippen molar-refractivity contribution in [2.45, 2.75) is 99.7 Å². The largest absolute Gasteiger partial charge is 0.384 e. The molecular weight excluding hydrogens is 774 g/mol. The van der Waals surface area contributed by atoms with Gasteiger partial charge in [-0.3, -0.25) is 0 Å². The minimum Gasteiger partial charge on any atom is -0.226 e. The molecule has 0 saturated heterocycles. The molecule has 3 aliphatic rings. The normalized spacial score (nSPS) is 41.7. The van der Waals surface area contributed by atoms with Crippen molar-refractivity contribution >= 4 is 0 Å². The Balaban J connectivity index is 2.74. The predicted octanol–water partition coefficient (Wildman–Crippen LogP) is 9.12. The quantitative estimate of drug-likeness (QED) is 0.246. The van der Waals surface area contributed by atoms with Crippen LogP contribution >= 0.6 is 0 Å². The monoisotopic (exact) mass is 774 g/mol. The summed E-state index contributed by atoms with van der Waals surface area (Å²) >= 11 is 0. The number of alkyl halides is 30. The van der Waals surface area contributed by atoms with Gasteiger partial charge >= 0.3 is 88.3 Å². The van der Waals surface area contributed by atoms with Crippen LogP contribution in [0.15, 0.2) is 0 Å². The first-order valence-electron chi connectivity index (χ1n) is 10.4. The molecule has 0 aromatic rings. The van der Waals surface area contributed by atoms with E-state index in [4.69, 9.17) is 0 Å². The van der Waals surface area contributed by atoms with Crippen molar-refractivity contribution in [3.8, 4) is 0 Å². The molecule has 0 aromatic heterocycles. The van der Waals surface area contributed by atoms with E-state index in [9.17, 15) is 123 Å². The minimum atomic E-state index is -10.6. The van der Waals surface area contributed by atoms with Gasteiger partial charge in [0.05, 0.1) is 0 Å². The van der Waals surface area contributed by atoms with Gasteiger partial charge < -0.3 is 0 Å². The summed E-state index contributed by atoms with van der Waals surface area (Å²) in [7, 11) is 0. The van der Waals surface area contributed by atoms with Crippen LogP contribution in [0.1, 0.15) is 0 Å². The second-order valence-corrected chi connectivity index (χ2v) is 10.1. The van der Waals surface area contributed by atoms with E-state index in [2.05, 4.69) is 0 Å². The predicted molar refractivity (Wildman–Crippen MR) is 79.7 cm³/mol. The molecule has 3 rings (SSSR count). The van der Waals surface area contributed by atoms with E-state index in [1.54, 1.807) is 0 Å². The van der Waals surface area contributed by atoms with Crippen molar-refractivity contribution in [3.05, 3.63) is 0 Å². The molecule has 30 heteroatoms. The van der Waals surface area contributed by atoms with Crippen LogP contribution in [0, 0.1) is 0 Å². The lowest BCUT2D eigenvalue weighted by Gasteiger charge is -2.66. The van der Waals surface area contributed by atoms with Gasteiger partial charge in [-0.25, -0.2) is 17.6 Å². The maximum absolute atomic E-state index is 15.3. The summed E-state index contributed by atoms with van der Waals surface area (Å²) < 4.78 is 426. The minimum absolute atomic E-state index is 8.79. The van der Waals surface area contributed by atoms with Crippen LogP contribution in [0.2, 0.25) is 0 Å². The van der Waals surface area contributed by atoms with E-state index in [0.29, 0.717) is 0 Å². The molecule has 0 bridgehead atoms. The summed E-state index contributed by atoms with van der Waals surface area (Å²) in [6.07, 6.45) is 0. The van der Waals surface area contributed by atoms with E-state index in [1.807, 2.05) is 0 Å². The molecule has 0 unspecified atom stereocenters. The summed E-state index contributed by atoms with van der Waals surface area (Å²) in [5.41, 5.74) is -40.7.